The summed E-state index contributed by atoms with van der Waals surface area (Å²) in [6.45, 7) is 2.66. The van der Waals surface area contributed by atoms with Crippen molar-refractivity contribution in [1.82, 2.24) is 5.32 Å². The van der Waals surface area contributed by atoms with Gasteiger partial charge < -0.3 is 10.1 Å². The van der Waals surface area contributed by atoms with Crippen molar-refractivity contribution < 1.29 is 13.5 Å². The Morgan fingerprint density at radius 1 is 1.25 bits per heavy atom. The van der Waals surface area contributed by atoms with Crippen LogP contribution in [0, 0.1) is 0 Å². The Morgan fingerprint density at radius 3 is 2.31 bits per heavy atom. The number of benzene rings is 1. The summed E-state index contributed by atoms with van der Waals surface area (Å²) in [5.41, 5.74) is 0.571. The van der Waals surface area contributed by atoms with Crippen LogP contribution in [0.5, 0.6) is 5.75 Å². The summed E-state index contributed by atoms with van der Waals surface area (Å²) in [6, 6.07) is 5.85. The molecule has 1 aromatic carbocycles. The van der Waals surface area contributed by atoms with Crippen LogP contribution in [0.25, 0.3) is 0 Å². The van der Waals surface area contributed by atoms with Gasteiger partial charge in [0.25, 0.3) is 6.43 Å². The molecule has 0 fully saturated rings. The second-order valence-corrected chi connectivity index (χ2v) is 3.52. The number of rotatable bonds is 6. The highest BCUT2D eigenvalue weighted by Gasteiger charge is 2.19. The lowest BCUT2D eigenvalue weighted by atomic mass is 10.1. The van der Waals surface area contributed by atoms with E-state index in [1.54, 1.807) is 24.3 Å². The van der Waals surface area contributed by atoms with E-state index < -0.39 is 12.5 Å². The largest absolute Gasteiger partial charge is 0.494 e. The van der Waals surface area contributed by atoms with Gasteiger partial charge in [0.05, 0.1) is 12.6 Å². The van der Waals surface area contributed by atoms with Gasteiger partial charge in [-0.2, -0.15) is 0 Å². The molecular weight excluding hydrogens is 212 g/mol. The zero-order valence-electron chi connectivity index (χ0n) is 9.54. The van der Waals surface area contributed by atoms with Crippen LogP contribution in [0.15, 0.2) is 24.3 Å². The fraction of sp³-hybridized carbons (Fsp3) is 0.500. The van der Waals surface area contributed by atoms with Gasteiger partial charge in [0.2, 0.25) is 0 Å². The molecule has 0 bridgehead atoms. The Labute approximate surface area is 94.6 Å². The van der Waals surface area contributed by atoms with E-state index in [1.165, 1.54) is 7.05 Å². The molecule has 0 amide bonds. The molecule has 1 unspecified atom stereocenters. The van der Waals surface area contributed by atoms with Crippen LogP contribution in [0.1, 0.15) is 24.9 Å². The molecule has 0 aliphatic carbocycles. The van der Waals surface area contributed by atoms with Crippen molar-refractivity contribution in [3.8, 4) is 5.75 Å². The summed E-state index contributed by atoms with van der Waals surface area (Å²) in [7, 11) is 1.53. The maximum Gasteiger partial charge on any atom is 0.257 e. The minimum atomic E-state index is -2.41. The molecule has 0 saturated carbocycles. The first-order valence-corrected chi connectivity index (χ1v) is 5.37. The summed E-state index contributed by atoms with van der Waals surface area (Å²) in [4.78, 5) is 0. The van der Waals surface area contributed by atoms with E-state index in [0.717, 1.165) is 12.2 Å². The van der Waals surface area contributed by atoms with Crippen molar-refractivity contribution in [2.75, 3.05) is 13.7 Å². The van der Waals surface area contributed by atoms with Crippen LogP contribution < -0.4 is 10.1 Å². The molecule has 0 spiro atoms. The third-order valence-corrected chi connectivity index (χ3v) is 2.28. The van der Waals surface area contributed by atoms with E-state index in [-0.39, 0.29) is 0 Å². The summed E-state index contributed by atoms with van der Waals surface area (Å²) in [6.07, 6.45) is -1.48. The van der Waals surface area contributed by atoms with Gasteiger partial charge in [-0.25, -0.2) is 8.78 Å². The quantitative estimate of drug-likeness (QED) is 0.809. The SMILES string of the molecule is CCCOc1ccc(C(NC)C(F)F)cc1. The Bertz CT molecular complexity index is 300. The molecule has 1 aromatic rings. The van der Waals surface area contributed by atoms with Crippen molar-refractivity contribution in [2.45, 2.75) is 25.8 Å². The van der Waals surface area contributed by atoms with Crippen LogP contribution in [-0.4, -0.2) is 20.1 Å². The number of alkyl halides is 2. The monoisotopic (exact) mass is 229 g/mol. The second kappa shape index (κ2) is 6.43. The summed E-state index contributed by atoms with van der Waals surface area (Å²) in [5, 5.41) is 2.59. The molecule has 1 atom stereocenters. The molecule has 4 heteroatoms. The standard InChI is InChI=1S/C12H17F2NO/c1-3-8-16-10-6-4-9(5-7-10)11(15-2)12(13)14/h4-7,11-12,15H,3,8H2,1-2H3. The molecule has 2 nitrogen and oxygen atoms in total. The van der Waals surface area contributed by atoms with Gasteiger partial charge in [0, 0.05) is 0 Å². The predicted octanol–water partition coefficient (Wildman–Crippen LogP) is 3.00. The lowest BCUT2D eigenvalue weighted by Crippen LogP contribution is -2.23. The summed E-state index contributed by atoms with van der Waals surface area (Å²) >= 11 is 0. The lowest BCUT2D eigenvalue weighted by Gasteiger charge is -2.15. The first-order chi connectivity index (χ1) is 7.69. The van der Waals surface area contributed by atoms with Crippen LogP contribution in [0.4, 0.5) is 8.78 Å². The maximum atomic E-state index is 12.6. The van der Waals surface area contributed by atoms with E-state index in [0.29, 0.717) is 12.2 Å². The Balaban J connectivity index is 2.69. The maximum absolute atomic E-state index is 12.6. The summed E-state index contributed by atoms with van der Waals surface area (Å²) < 4.78 is 30.6. The predicted molar refractivity (Wildman–Crippen MR) is 60.0 cm³/mol. The van der Waals surface area contributed by atoms with E-state index in [4.69, 9.17) is 4.74 Å². The van der Waals surface area contributed by atoms with Gasteiger partial charge in [-0.3, -0.25) is 0 Å². The fourth-order valence-corrected chi connectivity index (χ4v) is 1.43. The number of hydrogen-bond donors (Lipinski definition) is 1. The Morgan fingerprint density at radius 2 is 1.88 bits per heavy atom. The van der Waals surface area contributed by atoms with Crippen molar-refractivity contribution >= 4 is 0 Å². The molecule has 1 rings (SSSR count). The smallest absolute Gasteiger partial charge is 0.257 e. The molecule has 0 radical (unpaired) electrons. The van der Waals surface area contributed by atoms with E-state index in [1.807, 2.05) is 6.92 Å². The van der Waals surface area contributed by atoms with Crippen LogP contribution in [0.2, 0.25) is 0 Å². The normalized spacial score (nSPS) is 12.8. The molecule has 16 heavy (non-hydrogen) atoms. The van der Waals surface area contributed by atoms with Crippen molar-refractivity contribution in [3.63, 3.8) is 0 Å². The minimum absolute atomic E-state index is 0.571. The van der Waals surface area contributed by atoms with Gasteiger partial charge in [-0.1, -0.05) is 19.1 Å². The zero-order chi connectivity index (χ0) is 12.0. The fourth-order valence-electron chi connectivity index (χ4n) is 1.43. The highest BCUT2D eigenvalue weighted by molar-refractivity contribution is 5.29. The van der Waals surface area contributed by atoms with Crippen molar-refractivity contribution in [1.29, 1.82) is 0 Å². The Hall–Kier alpha value is -1.16. The minimum Gasteiger partial charge on any atom is -0.494 e. The second-order valence-electron chi connectivity index (χ2n) is 3.52. The molecule has 0 saturated heterocycles. The Kier molecular flexibility index (Phi) is 5.19. The number of hydrogen-bond acceptors (Lipinski definition) is 2. The van der Waals surface area contributed by atoms with E-state index >= 15 is 0 Å². The van der Waals surface area contributed by atoms with Gasteiger partial charge in [0.1, 0.15) is 5.75 Å². The third-order valence-electron chi connectivity index (χ3n) is 2.28. The molecule has 0 aliphatic heterocycles. The van der Waals surface area contributed by atoms with Crippen LogP contribution in [-0.2, 0) is 0 Å². The molecular formula is C12H17F2NO. The highest BCUT2D eigenvalue weighted by Crippen LogP contribution is 2.22. The molecule has 0 heterocycles. The van der Waals surface area contributed by atoms with Gasteiger partial charge in [-0.15, -0.1) is 0 Å². The molecule has 0 aliphatic rings. The first-order valence-electron chi connectivity index (χ1n) is 5.37. The summed E-state index contributed by atoms with van der Waals surface area (Å²) in [5.74, 6) is 0.717. The van der Waals surface area contributed by atoms with Crippen LogP contribution in [0.3, 0.4) is 0 Å². The third kappa shape index (κ3) is 3.45. The molecule has 90 valence electrons. The lowest BCUT2D eigenvalue weighted by molar-refractivity contribution is 0.102. The molecule has 0 aromatic heterocycles. The zero-order valence-corrected chi connectivity index (χ0v) is 9.54. The average Bonchev–Trinajstić information content (AvgIpc) is 2.28. The number of ether oxygens (including phenoxy) is 1. The average molecular weight is 229 g/mol. The van der Waals surface area contributed by atoms with Gasteiger partial charge in [0.15, 0.2) is 0 Å². The van der Waals surface area contributed by atoms with Crippen molar-refractivity contribution in [2.24, 2.45) is 0 Å². The highest BCUT2D eigenvalue weighted by atomic mass is 19.3. The van der Waals surface area contributed by atoms with E-state index in [2.05, 4.69) is 5.32 Å². The van der Waals surface area contributed by atoms with Crippen molar-refractivity contribution in [3.05, 3.63) is 29.8 Å². The molecule has 1 N–H and O–H groups in total. The van der Waals surface area contributed by atoms with E-state index in [9.17, 15) is 8.78 Å². The van der Waals surface area contributed by atoms with Crippen LogP contribution >= 0.6 is 0 Å². The first kappa shape index (κ1) is 12.9. The van der Waals surface area contributed by atoms with Gasteiger partial charge in [-0.05, 0) is 31.2 Å². The van der Waals surface area contributed by atoms with Gasteiger partial charge >= 0.3 is 0 Å². The number of nitrogens with one attached hydrogen (secondary N) is 1. The topological polar surface area (TPSA) is 21.3 Å². The number of halogens is 2.